The van der Waals surface area contributed by atoms with Gasteiger partial charge in [-0.25, -0.2) is 0 Å². The third-order valence-electron chi connectivity index (χ3n) is 5.64. The summed E-state index contributed by atoms with van der Waals surface area (Å²) < 4.78 is 6.08. The number of halogens is 1. The molecule has 2 heterocycles. The van der Waals surface area contributed by atoms with Crippen LogP contribution in [0.5, 0.6) is 0 Å². The van der Waals surface area contributed by atoms with Crippen molar-refractivity contribution in [2.75, 3.05) is 39.3 Å². The highest BCUT2D eigenvalue weighted by atomic mass is 127. The summed E-state index contributed by atoms with van der Waals surface area (Å²) in [5.74, 6) is 0.728. The predicted molar refractivity (Wildman–Crippen MR) is 127 cm³/mol. The molecule has 0 unspecified atom stereocenters. The molecule has 1 aromatic carbocycles. The lowest BCUT2D eigenvalue weighted by molar-refractivity contribution is 0.00565. The van der Waals surface area contributed by atoms with E-state index in [0.29, 0.717) is 6.10 Å². The lowest BCUT2D eigenvalue weighted by atomic mass is 10.1. The Morgan fingerprint density at radius 3 is 2.36 bits per heavy atom. The number of nitrogens with zero attached hydrogens (tertiary/aromatic N) is 3. The molecule has 1 aromatic rings. The standard InChI is InChI=1S/C22H36N4O.HI/c23-22(26-14-6-1-2-7-15-26)24-13-8-18-27-21-11-16-25(17-12-21)19-20-9-4-3-5-10-20;/h3-5,9-10,21H,1-2,6-8,11-19H2,(H2,23,24);1H. The van der Waals surface area contributed by atoms with Crippen LogP contribution >= 0.6 is 24.0 Å². The largest absolute Gasteiger partial charge is 0.378 e. The second kappa shape index (κ2) is 13.4. The molecule has 0 bridgehead atoms. The van der Waals surface area contributed by atoms with Crippen LogP contribution < -0.4 is 5.73 Å². The van der Waals surface area contributed by atoms with Crippen LogP contribution in [0, 0.1) is 0 Å². The maximum absolute atomic E-state index is 6.15. The minimum atomic E-state index is 0. The van der Waals surface area contributed by atoms with Crippen LogP contribution in [0.4, 0.5) is 0 Å². The average Bonchev–Trinajstić information content (AvgIpc) is 2.99. The van der Waals surface area contributed by atoms with E-state index in [1.165, 1.54) is 31.2 Å². The molecule has 5 nitrogen and oxygen atoms in total. The van der Waals surface area contributed by atoms with E-state index < -0.39 is 0 Å². The first-order valence-corrected chi connectivity index (χ1v) is 10.7. The van der Waals surface area contributed by atoms with E-state index >= 15 is 0 Å². The third kappa shape index (κ3) is 8.25. The highest BCUT2D eigenvalue weighted by Crippen LogP contribution is 2.16. The Labute approximate surface area is 187 Å². The monoisotopic (exact) mass is 500 g/mol. The molecule has 0 radical (unpaired) electrons. The molecule has 0 atom stereocenters. The Morgan fingerprint density at radius 2 is 1.68 bits per heavy atom. The Hall–Kier alpha value is -0.860. The number of hydrogen-bond donors (Lipinski definition) is 1. The van der Waals surface area contributed by atoms with Gasteiger partial charge in [-0.15, -0.1) is 24.0 Å². The van der Waals surface area contributed by atoms with Crippen molar-refractivity contribution in [1.29, 1.82) is 0 Å². The lowest BCUT2D eigenvalue weighted by Gasteiger charge is -2.31. The number of likely N-dealkylation sites (tertiary alicyclic amines) is 2. The van der Waals surface area contributed by atoms with Gasteiger partial charge in [-0.05, 0) is 37.7 Å². The molecular weight excluding hydrogens is 463 g/mol. The third-order valence-corrected chi connectivity index (χ3v) is 5.64. The Morgan fingerprint density at radius 1 is 1.00 bits per heavy atom. The van der Waals surface area contributed by atoms with E-state index in [1.54, 1.807) is 0 Å². The molecule has 28 heavy (non-hydrogen) atoms. The van der Waals surface area contributed by atoms with Gasteiger partial charge in [-0.2, -0.15) is 0 Å². The molecule has 2 aliphatic heterocycles. The highest BCUT2D eigenvalue weighted by molar-refractivity contribution is 14.0. The molecule has 6 heteroatoms. The van der Waals surface area contributed by atoms with Crippen LogP contribution in [0.3, 0.4) is 0 Å². The van der Waals surface area contributed by atoms with Crippen LogP contribution in [0.2, 0.25) is 0 Å². The number of hydrogen-bond acceptors (Lipinski definition) is 3. The Balaban J connectivity index is 0.00000280. The van der Waals surface area contributed by atoms with E-state index in [0.717, 1.165) is 71.1 Å². The zero-order valence-corrected chi connectivity index (χ0v) is 19.4. The number of ether oxygens (including phenoxy) is 1. The molecule has 0 amide bonds. The SMILES string of the molecule is I.NC(=NCCCOC1CCN(Cc2ccccc2)CC1)N1CCCCCC1. The summed E-state index contributed by atoms with van der Waals surface area (Å²) >= 11 is 0. The van der Waals surface area contributed by atoms with Crippen molar-refractivity contribution in [1.82, 2.24) is 9.80 Å². The van der Waals surface area contributed by atoms with Gasteiger partial charge in [0, 0.05) is 45.9 Å². The van der Waals surface area contributed by atoms with Crippen molar-refractivity contribution in [3.8, 4) is 0 Å². The summed E-state index contributed by atoms with van der Waals surface area (Å²) in [6.45, 7) is 6.99. The number of guanidine groups is 1. The second-order valence-electron chi connectivity index (χ2n) is 7.83. The van der Waals surface area contributed by atoms with Crippen molar-refractivity contribution >= 4 is 29.9 Å². The Bertz CT molecular complexity index is 553. The van der Waals surface area contributed by atoms with Crippen LogP contribution in [0.15, 0.2) is 35.3 Å². The van der Waals surface area contributed by atoms with Crippen molar-refractivity contribution in [2.24, 2.45) is 10.7 Å². The lowest BCUT2D eigenvalue weighted by Crippen LogP contribution is -2.38. The minimum Gasteiger partial charge on any atom is -0.378 e. The first-order valence-electron chi connectivity index (χ1n) is 10.7. The molecule has 0 aromatic heterocycles. The zero-order valence-electron chi connectivity index (χ0n) is 17.1. The molecule has 2 aliphatic rings. The van der Waals surface area contributed by atoms with E-state index in [9.17, 15) is 0 Å². The van der Waals surface area contributed by atoms with Gasteiger partial charge in [0.2, 0.25) is 0 Å². The van der Waals surface area contributed by atoms with Gasteiger partial charge in [-0.3, -0.25) is 9.89 Å². The summed E-state index contributed by atoms with van der Waals surface area (Å²) in [6.07, 6.45) is 8.74. The summed E-state index contributed by atoms with van der Waals surface area (Å²) in [6, 6.07) is 10.7. The van der Waals surface area contributed by atoms with E-state index in [-0.39, 0.29) is 24.0 Å². The number of piperidine rings is 1. The van der Waals surface area contributed by atoms with Gasteiger partial charge >= 0.3 is 0 Å². The number of aliphatic imine (C=N–C) groups is 1. The smallest absolute Gasteiger partial charge is 0.191 e. The van der Waals surface area contributed by atoms with Crippen LogP contribution in [0.1, 0.15) is 50.5 Å². The van der Waals surface area contributed by atoms with Gasteiger partial charge in [0.1, 0.15) is 0 Å². The highest BCUT2D eigenvalue weighted by Gasteiger charge is 2.19. The van der Waals surface area contributed by atoms with Crippen LogP contribution in [0.25, 0.3) is 0 Å². The molecule has 0 saturated carbocycles. The molecule has 158 valence electrons. The van der Waals surface area contributed by atoms with Gasteiger partial charge in [0.15, 0.2) is 5.96 Å². The van der Waals surface area contributed by atoms with Crippen molar-refractivity contribution in [3.05, 3.63) is 35.9 Å². The summed E-state index contributed by atoms with van der Waals surface area (Å²) in [7, 11) is 0. The molecule has 0 spiro atoms. The number of benzene rings is 1. The van der Waals surface area contributed by atoms with Crippen molar-refractivity contribution < 1.29 is 4.74 Å². The van der Waals surface area contributed by atoms with Crippen molar-refractivity contribution in [2.45, 2.75) is 57.6 Å². The molecule has 0 aliphatic carbocycles. The molecule has 2 N–H and O–H groups in total. The summed E-state index contributed by atoms with van der Waals surface area (Å²) in [4.78, 5) is 9.34. The Kier molecular flexibility index (Phi) is 11.2. The maximum Gasteiger partial charge on any atom is 0.191 e. The topological polar surface area (TPSA) is 54.1 Å². The fourth-order valence-corrected chi connectivity index (χ4v) is 3.98. The summed E-state index contributed by atoms with van der Waals surface area (Å²) in [5.41, 5.74) is 7.55. The minimum absolute atomic E-state index is 0. The number of nitrogens with two attached hydrogens (primary N) is 1. The van der Waals surface area contributed by atoms with E-state index in [1.807, 2.05) is 0 Å². The number of rotatable bonds is 7. The molecule has 2 fully saturated rings. The van der Waals surface area contributed by atoms with Gasteiger partial charge in [0.05, 0.1) is 6.10 Å². The molecular formula is C22H37IN4O. The van der Waals surface area contributed by atoms with Crippen molar-refractivity contribution in [3.63, 3.8) is 0 Å². The zero-order chi connectivity index (χ0) is 18.7. The fraction of sp³-hybridized carbons (Fsp3) is 0.682. The average molecular weight is 500 g/mol. The first-order chi connectivity index (χ1) is 13.3. The summed E-state index contributed by atoms with van der Waals surface area (Å²) in [5, 5.41) is 0. The fourth-order valence-electron chi connectivity index (χ4n) is 3.98. The van der Waals surface area contributed by atoms with Gasteiger partial charge in [0.25, 0.3) is 0 Å². The van der Waals surface area contributed by atoms with Crippen LogP contribution in [-0.4, -0.2) is 61.2 Å². The predicted octanol–water partition coefficient (Wildman–Crippen LogP) is 3.87. The van der Waals surface area contributed by atoms with Gasteiger partial charge < -0.3 is 15.4 Å². The van der Waals surface area contributed by atoms with E-state index in [2.05, 4.69) is 45.1 Å². The first kappa shape index (κ1) is 23.4. The quantitative estimate of drug-likeness (QED) is 0.267. The normalized spacial score (nSPS) is 19.9. The van der Waals surface area contributed by atoms with E-state index in [4.69, 9.17) is 10.5 Å². The van der Waals surface area contributed by atoms with Gasteiger partial charge in [-0.1, -0.05) is 43.2 Å². The molecule has 3 rings (SSSR count). The maximum atomic E-state index is 6.15. The van der Waals surface area contributed by atoms with Crippen LogP contribution in [-0.2, 0) is 11.3 Å². The molecule has 2 saturated heterocycles. The second-order valence-corrected chi connectivity index (χ2v) is 7.83.